The van der Waals surface area contributed by atoms with Gasteiger partial charge in [0.2, 0.25) is 5.91 Å². The van der Waals surface area contributed by atoms with E-state index in [1.807, 2.05) is 48.5 Å². The first-order valence-corrected chi connectivity index (χ1v) is 10.3. The fourth-order valence-electron chi connectivity index (χ4n) is 3.83. The van der Waals surface area contributed by atoms with Crippen molar-refractivity contribution in [2.75, 3.05) is 6.54 Å². The minimum atomic E-state index is -1.13. The van der Waals surface area contributed by atoms with Crippen molar-refractivity contribution < 1.29 is 19.5 Å². The standard InChI is InChI=1S/C26H22N2O4/c29-24(16-27-25(30)17-8-2-1-3-9-17)28-23(26(31)32)15-22-20-12-6-4-10-18(20)14-19-11-5-7-13-21(19)22/h1-14,23H,15-16H2,(H,27,30)(H,28,29)(H,31,32)/t23-/m0/s1. The largest absolute Gasteiger partial charge is 0.480 e. The molecule has 4 aromatic rings. The zero-order chi connectivity index (χ0) is 22.5. The lowest BCUT2D eigenvalue weighted by Gasteiger charge is -2.18. The lowest BCUT2D eigenvalue weighted by Crippen LogP contribution is -2.46. The van der Waals surface area contributed by atoms with Crippen LogP contribution in [0.4, 0.5) is 0 Å². The van der Waals surface area contributed by atoms with E-state index in [-0.39, 0.29) is 13.0 Å². The van der Waals surface area contributed by atoms with Crippen LogP contribution in [0.25, 0.3) is 21.5 Å². The molecule has 0 unspecified atom stereocenters. The molecule has 160 valence electrons. The SMILES string of the molecule is O=C(CNC(=O)c1ccccc1)N[C@@H](Cc1c2ccccc2cc2ccccc12)C(=O)O. The van der Waals surface area contributed by atoms with Crippen molar-refractivity contribution >= 4 is 39.3 Å². The number of hydrogen-bond donors (Lipinski definition) is 3. The lowest BCUT2D eigenvalue weighted by atomic mass is 9.92. The van der Waals surface area contributed by atoms with Crippen molar-refractivity contribution in [1.29, 1.82) is 0 Å². The van der Waals surface area contributed by atoms with Gasteiger partial charge in [-0.1, -0.05) is 66.7 Å². The summed E-state index contributed by atoms with van der Waals surface area (Å²) in [6, 6.07) is 25.0. The zero-order valence-electron chi connectivity index (χ0n) is 17.2. The van der Waals surface area contributed by atoms with Gasteiger partial charge in [-0.15, -0.1) is 0 Å². The molecule has 1 atom stereocenters. The lowest BCUT2D eigenvalue weighted by molar-refractivity contribution is -0.141. The number of carboxylic acid groups (broad SMARTS) is 1. The van der Waals surface area contributed by atoms with E-state index in [1.165, 1.54) is 0 Å². The molecule has 0 fully saturated rings. The van der Waals surface area contributed by atoms with Crippen LogP contribution < -0.4 is 10.6 Å². The van der Waals surface area contributed by atoms with E-state index >= 15 is 0 Å². The molecule has 0 heterocycles. The molecular formula is C26H22N2O4. The van der Waals surface area contributed by atoms with E-state index in [2.05, 4.69) is 16.7 Å². The first kappa shape index (κ1) is 21.1. The van der Waals surface area contributed by atoms with E-state index < -0.39 is 23.8 Å². The van der Waals surface area contributed by atoms with Crippen molar-refractivity contribution in [2.24, 2.45) is 0 Å². The maximum Gasteiger partial charge on any atom is 0.326 e. The van der Waals surface area contributed by atoms with Crippen LogP contribution in [-0.4, -0.2) is 35.5 Å². The van der Waals surface area contributed by atoms with Gasteiger partial charge in [0.1, 0.15) is 6.04 Å². The summed E-state index contributed by atoms with van der Waals surface area (Å²) in [7, 11) is 0. The molecule has 4 rings (SSSR count). The molecule has 0 saturated carbocycles. The Bertz CT molecular complexity index is 1250. The Kier molecular flexibility index (Phi) is 6.12. The monoisotopic (exact) mass is 426 g/mol. The molecule has 0 spiro atoms. The van der Waals surface area contributed by atoms with Crippen molar-refractivity contribution in [3.05, 3.63) is 96.1 Å². The number of amides is 2. The molecule has 0 bridgehead atoms. The molecular weight excluding hydrogens is 404 g/mol. The summed E-state index contributed by atoms with van der Waals surface area (Å²) in [4.78, 5) is 36.5. The molecule has 6 heteroatoms. The van der Waals surface area contributed by atoms with Gasteiger partial charge in [0.25, 0.3) is 5.91 Å². The van der Waals surface area contributed by atoms with Crippen LogP contribution in [0, 0.1) is 0 Å². The van der Waals surface area contributed by atoms with Crippen LogP contribution in [0.1, 0.15) is 15.9 Å². The maximum absolute atomic E-state index is 12.4. The molecule has 0 aliphatic carbocycles. The smallest absolute Gasteiger partial charge is 0.326 e. The zero-order valence-corrected chi connectivity index (χ0v) is 17.2. The molecule has 0 aliphatic heterocycles. The number of nitrogens with one attached hydrogen (secondary N) is 2. The summed E-state index contributed by atoms with van der Waals surface area (Å²) in [5, 5.41) is 18.8. The number of aliphatic carboxylic acids is 1. The van der Waals surface area contributed by atoms with Crippen LogP contribution in [0.15, 0.2) is 84.9 Å². The summed E-state index contributed by atoms with van der Waals surface area (Å²) in [5.74, 6) is -2.09. The predicted octanol–water partition coefficient (Wildman–Crippen LogP) is 3.53. The molecule has 6 nitrogen and oxygen atoms in total. The topological polar surface area (TPSA) is 95.5 Å². The number of fused-ring (bicyclic) bond motifs is 2. The van der Waals surface area contributed by atoms with Crippen LogP contribution in [0.2, 0.25) is 0 Å². The van der Waals surface area contributed by atoms with Gasteiger partial charge in [-0.3, -0.25) is 9.59 Å². The van der Waals surface area contributed by atoms with Crippen molar-refractivity contribution in [2.45, 2.75) is 12.5 Å². The van der Waals surface area contributed by atoms with Gasteiger partial charge < -0.3 is 15.7 Å². The van der Waals surface area contributed by atoms with E-state index in [9.17, 15) is 19.5 Å². The Labute approximate surface area is 184 Å². The van der Waals surface area contributed by atoms with Gasteiger partial charge in [0.05, 0.1) is 6.54 Å². The van der Waals surface area contributed by atoms with E-state index in [4.69, 9.17) is 0 Å². The van der Waals surface area contributed by atoms with Crippen LogP contribution in [0.5, 0.6) is 0 Å². The fourth-order valence-corrected chi connectivity index (χ4v) is 3.83. The highest BCUT2D eigenvalue weighted by Gasteiger charge is 2.23. The normalized spacial score (nSPS) is 11.8. The number of carbonyl (C=O) groups is 3. The maximum atomic E-state index is 12.4. The summed E-state index contributed by atoms with van der Waals surface area (Å²) >= 11 is 0. The number of carboxylic acids is 1. The van der Waals surface area contributed by atoms with Crippen molar-refractivity contribution in [3.63, 3.8) is 0 Å². The molecule has 2 amide bonds. The van der Waals surface area contributed by atoms with Gasteiger partial charge >= 0.3 is 5.97 Å². The van der Waals surface area contributed by atoms with Crippen molar-refractivity contribution in [1.82, 2.24) is 10.6 Å². The van der Waals surface area contributed by atoms with E-state index in [1.54, 1.807) is 30.3 Å². The van der Waals surface area contributed by atoms with Gasteiger partial charge in [-0.25, -0.2) is 4.79 Å². The Morgan fingerprint density at radius 3 is 1.94 bits per heavy atom. The summed E-state index contributed by atoms with van der Waals surface area (Å²) in [5.41, 5.74) is 1.29. The highest BCUT2D eigenvalue weighted by Crippen LogP contribution is 2.29. The molecule has 0 aromatic heterocycles. The first-order chi connectivity index (χ1) is 15.5. The number of carbonyl (C=O) groups excluding carboxylic acids is 2. The van der Waals surface area contributed by atoms with Gasteiger partial charge in [0.15, 0.2) is 0 Å². The third kappa shape index (κ3) is 4.59. The second kappa shape index (κ2) is 9.31. The van der Waals surface area contributed by atoms with Gasteiger partial charge in [0, 0.05) is 12.0 Å². The minimum Gasteiger partial charge on any atom is -0.480 e. The third-order valence-electron chi connectivity index (χ3n) is 5.37. The number of benzene rings is 4. The molecule has 0 saturated heterocycles. The highest BCUT2D eigenvalue weighted by molar-refractivity contribution is 6.03. The van der Waals surface area contributed by atoms with Crippen molar-refractivity contribution in [3.8, 4) is 0 Å². The van der Waals surface area contributed by atoms with Crippen LogP contribution in [-0.2, 0) is 16.0 Å². The molecule has 0 aliphatic rings. The molecule has 0 radical (unpaired) electrons. The van der Waals surface area contributed by atoms with Crippen LogP contribution >= 0.6 is 0 Å². The third-order valence-corrected chi connectivity index (χ3v) is 5.37. The average Bonchev–Trinajstić information content (AvgIpc) is 2.82. The second-order valence-electron chi connectivity index (χ2n) is 7.51. The van der Waals surface area contributed by atoms with Crippen LogP contribution in [0.3, 0.4) is 0 Å². The quantitative estimate of drug-likeness (QED) is 0.394. The number of hydrogen-bond acceptors (Lipinski definition) is 3. The summed E-state index contributed by atoms with van der Waals surface area (Å²) in [6.45, 7) is -0.312. The highest BCUT2D eigenvalue weighted by atomic mass is 16.4. The molecule has 4 aromatic carbocycles. The minimum absolute atomic E-state index is 0.121. The number of rotatable bonds is 7. The Morgan fingerprint density at radius 1 is 0.781 bits per heavy atom. The fraction of sp³-hybridized carbons (Fsp3) is 0.115. The Balaban J connectivity index is 1.54. The summed E-state index contributed by atoms with van der Waals surface area (Å²) in [6.07, 6.45) is 0.121. The Hall–Kier alpha value is -4.19. The second-order valence-corrected chi connectivity index (χ2v) is 7.51. The predicted molar refractivity (Wildman–Crippen MR) is 123 cm³/mol. The first-order valence-electron chi connectivity index (χ1n) is 10.3. The summed E-state index contributed by atoms with van der Waals surface area (Å²) < 4.78 is 0. The molecule has 3 N–H and O–H groups in total. The Morgan fingerprint density at radius 2 is 1.34 bits per heavy atom. The molecule has 32 heavy (non-hydrogen) atoms. The van der Waals surface area contributed by atoms with E-state index in [0.29, 0.717) is 5.56 Å². The van der Waals surface area contributed by atoms with E-state index in [0.717, 1.165) is 27.1 Å². The van der Waals surface area contributed by atoms with Gasteiger partial charge in [-0.2, -0.15) is 0 Å². The van der Waals surface area contributed by atoms with Gasteiger partial charge in [-0.05, 0) is 45.3 Å². The average molecular weight is 426 g/mol.